The predicted molar refractivity (Wildman–Crippen MR) is 50.3 cm³/mol. The van der Waals surface area contributed by atoms with Crippen molar-refractivity contribution in [2.75, 3.05) is 0 Å². The van der Waals surface area contributed by atoms with E-state index in [9.17, 15) is 0 Å². The molecule has 1 saturated carbocycles. The molecule has 0 heterocycles. The van der Waals surface area contributed by atoms with Gasteiger partial charge in [0.1, 0.15) is 0 Å². The summed E-state index contributed by atoms with van der Waals surface area (Å²) < 4.78 is 0. The Morgan fingerprint density at radius 2 is 1.64 bits per heavy atom. The van der Waals surface area contributed by atoms with Crippen molar-refractivity contribution in [1.29, 1.82) is 0 Å². The van der Waals surface area contributed by atoms with Crippen molar-refractivity contribution in [2.24, 2.45) is 11.8 Å². The van der Waals surface area contributed by atoms with E-state index in [4.69, 9.17) is 0 Å². The highest BCUT2D eigenvalue weighted by Crippen LogP contribution is 2.34. The van der Waals surface area contributed by atoms with E-state index in [1.54, 1.807) is 5.92 Å². The van der Waals surface area contributed by atoms with Crippen LogP contribution in [0.2, 0.25) is 0 Å². The third-order valence-corrected chi connectivity index (χ3v) is 3.10. The molecule has 1 aliphatic rings. The lowest BCUT2D eigenvalue weighted by Crippen LogP contribution is -2.14. The molecule has 1 rings (SSSR count). The number of hydrogen-bond donors (Lipinski definition) is 0. The van der Waals surface area contributed by atoms with E-state index in [2.05, 4.69) is 20.8 Å². The van der Waals surface area contributed by atoms with Crippen molar-refractivity contribution in [1.82, 2.24) is 0 Å². The quantitative estimate of drug-likeness (QED) is 0.502. The lowest BCUT2D eigenvalue weighted by molar-refractivity contribution is 0.353. The first-order valence-corrected chi connectivity index (χ1v) is 5.02. The van der Waals surface area contributed by atoms with E-state index in [0.717, 1.165) is 11.8 Å². The van der Waals surface area contributed by atoms with Gasteiger partial charge in [-0.05, 0) is 24.2 Å². The first-order chi connectivity index (χ1) is 5.22. The van der Waals surface area contributed by atoms with E-state index < -0.39 is 0 Å². The molecule has 1 aliphatic carbocycles. The Bertz CT molecular complexity index is 105. The average molecular weight is 153 g/mol. The van der Waals surface area contributed by atoms with Crippen LogP contribution in [0.15, 0.2) is 0 Å². The van der Waals surface area contributed by atoms with Gasteiger partial charge in [-0.15, -0.1) is 0 Å². The Kier molecular flexibility index (Phi) is 3.42. The third-order valence-electron chi connectivity index (χ3n) is 3.10. The number of rotatable bonds is 1. The molecular weight excluding hydrogens is 132 g/mol. The average Bonchev–Trinajstić information content (AvgIpc) is 2.13. The zero-order valence-corrected chi connectivity index (χ0v) is 8.19. The molecule has 0 amide bonds. The van der Waals surface area contributed by atoms with Gasteiger partial charge in [0, 0.05) is 0 Å². The summed E-state index contributed by atoms with van der Waals surface area (Å²) in [6, 6.07) is 0. The van der Waals surface area contributed by atoms with Gasteiger partial charge in [0.05, 0.1) is 0 Å². The summed E-state index contributed by atoms with van der Waals surface area (Å²) in [5.41, 5.74) is 0. The summed E-state index contributed by atoms with van der Waals surface area (Å²) in [6.07, 6.45) is 7.29. The molecule has 1 fully saturated rings. The fraction of sp³-hybridized carbons (Fsp3) is 0.909. The lowest BCUT2D eigenvalue weighted by Gasteiger charge is -2.24. The van der Waals surface area contributed by atoms with Crippen molar-refractivity contribution >= 4 is 0 Å². The summed E-state index contributed by atoms with van der Waals surface area (Å²) in [4.78, 5) is 0. The molecule has 2 unspecified atom stereocenters. The maximum atomic E-state index is 2.42. The van der Waals surface area contributed by atoms with Crippen LogP contribution in [0.1, 0.15) is 52.9 Å². The van der Waals surface area contributed by atoms with Crippen molar-refractivity contribution in [2.45, 2.75) is 52.9 Å². The van der Waals surface area contributed by atoms with E-state index >= 15 is 0 Å². The fourth-order valence-corrected chi connectivity index (χ4v) is 2.35. The van der Waals surface area contributed by atoms with Gasteiger partial charge in [0.15, 0.2) is 0 Å². The SMILES string of the molecule is C[C](C)C1CCCCCC1C. The smallest absolute Gasteiger partial charge is 0.0269 e. The van der Waals surface area contributed by atoms with Gasteiger partial charge in [-0.3, -0.25) is 0 Å². The molecule has 2 atom stereocenters. The predicted octanol–water partition coefficient (Wildman–Crippen LogP) is 3.82. The second-order valence-corrected chi connectivity index (χ2v) is 4.30. The maximum Gasteiger partial charge on any atom is -0.0269 e. The van der Waals surface area contributed by atoms with Crippen molar-refractivity contribution in [3.8, 4) is 0 Å². The number of hydrogen-bond acceptors (Lipinski definition) is 0. The van der Waals surface area contributed by atoms with Crippen molar-refractivity contribution in [3.05, 3.63) is 5.92 Å². The van der Waals surface area contributed by atoms with Crippen molar-refractivity contribution in [3.63, 3.8) is 0 Å². The second-order valence-electron chi connectivity index (χ2n) is 4.30. The lowest BCUT2D eigenvalue weighted by atomic mass is 9.81. The Balaban J connectivity index is 2.45. The van der Waals surface area contributed by atoms with Crippen LogP contribution in [-0.2, 0) is 0 Å². The first kappa shape index (κ1) is 9.09. The molecule has 0 heteroatoms. The second kappa shape index (κ2) is 4.13. The highest BCUT2D eigenvalue weighted by atomic mass is 14.3. The highest BCUT2D eigenvalue weighted by Gasteiger charge is 2.22. The fourth-order valence-electron chi connectivity index (χ4n) is 2.35. The van der Waals surface area contributed by atoms with Crippen molar-refractivity contribution < 1.29 is 0 Å². The molecule has 0 aromatic heterocycles. The molecule has 0 aromatic carbocycles. The zero-order valence-electron chi connectivity index (χ0n) is 8.19. The van der Waals surface area contributed by atoms with Crippen LogP contribution in [0.25, 0.3) is 0 Å². The van der Waals surface area contributed by atoms with Gasteiger partial charge < -0.3 is 0 Å². The highest BCUT2D eigenvalue weighted by molar-refractivity contribution is 4.90. The van der Waals surface area contributed by atoms with E-state index in [1.165, 1.54) is 32.1 Å². The van der Waals surface area contributed by atoms with Crippen LogP contribution in [0.3, 0.4) is 0 Å². The summed E-state index contributed by atoms with van der Waals surface area (Å²) in [7, 11) is 0. The van der Waals surface area contributed by atoms with Crippen LogP contribution in [-0.4, -0.2) is 0 Å². The molecule has 0 spiro atoms. The molecule has 1 radical (unpaired) electrons. The molecule has 0 aromatic rings. The molecule has 0 nitrogen and oxygen atoms in total. The van der Waals surface area contributed by atoms with Gasteiger partial charge in [0.2, 0.25) is 0 Å². The van der Waals surface area contributed by atoms with E-state index in [1.807, 2.05) is 0 Å². The molecule has 0 bridgehead atoms. The first-order valence-electron chi connectivity index (χ1n) is 5.02. The van der Waals surface area contributed by atoms with Gasteiger partial charge in [-0.1, -0.05) is 46.5 Å². The summed E-state index contributed by atoms with van der Waals surface area (Å²) in [5, 5.41) is 0. The summed E-state index contributed by atoms with van der Waals surface area (Å²) >= 11 is 0. The van der Waals surface area contributed by atoms with Gasteiger partial charge in [0.25, 0.3) is 0 Å². The van der Waals surface area contributed by atoms with Crippen LogP contribution < -0.4 is 0 Å². The van der Waals surface area contributed by atoms with Crippen LogP contribution in [0.5, 0.6) is 0 Å². The van der Waals surface area contributed by atoms with Gasteiger partial charge in [-0.25, -0.2) is 0 Å². The summed E-state index contributed by atoms with van der Waals surface area (Å²) in [5.74, 6) is 3.53. The monoisotopic (exact) mass is 153 g/mol. The standard InChI is InChI=1S/C11H21/c1-9(2)11-8-6-4-5-7-10(11)3/h10-11H,4-8H2,1-3H3. The Hall–Kier alpha value is 0. The van der Waals surface area contributed by atoms with E-state index in [-0.39, 0.29) is 0 Å². The Morgan fingerprint density at radius 3 is 2.27 bits per heavy atom. The molecule has 0 aliphatic heterocycles. The molecule has 11 heavy (non-hydrogen) atoms. The summed E-state index contributed by atoms with van der Waals surface area (Å²) in [6.45, 7) is 7.02. The molecule has 0 N–H and O–H groups in total. The van der Waals surface area contributed by atoms with Crippen LogP contribution in [0.4, 0.5) is 0 Å². The zero-order chi connectivity index (χ0) is 8.27. The maximum absolute atomic E-state index is 2.42. The molecular formula is C11H21. The molecule has 0 saturated heterocycles. The molecule has 65 valence electrons. The minimum absolute atomic E-state index is 0.928. The topological polar surface area (TPSA) is 0 Å². The van der Waals surface area contributed by atoms with E-state index in [0.29, 0.717) is 0 Å². The minimum atomic E-state index is 0.928. The van der Waals surface area contributed by atoms with Gasteiger partial charge >= 0.3 is 0 Å². The normalized spacial score (nSPS) is 33.8. The largest absolute Gasteiger partial charge is 0.0622 e. The minimum Gasteiger partial charge on any atom is -0.0622 e. The Labute approximate surface area is 71.4 Å². The van der Waals surface area contributed by atoms with Crippen LogP contribution in [0, 0.1) is 17.8 Å². The van der Waals surface area contributed by atoms with Crippen LogP contribution >= 0.6 is 0 Å². The Morgan fingerprint density at radius 1 is 1.00 bits per heavy atom. The third kappa shape index (κ3) is 2.50. The van der Waals surface area contributed by atoms with Gasteiger partial charge in [-0.2, -0.15) is 0 Å².